The van der Waals surface area contributed by atoms with Crippen molar-refractivity contribution in [2.75, 3.05) is 5.32 Å². The van der Waals surface area contributed by atoms with Gasteiger partial charge in [0.25, 0.3) is 0 Å². The van der Waals surface area contributed by atoms with Crippen LogP contribution in [0.15, 0.2) is 18.3 Å². The Kier molecular flexibility index (Phi) is 2.89. The summed E-state index contributed by atoms with van der Waals surface area (Å²) in [6, 6.07) is 3.79. The average Bonchev–Trinajstić information content (AvgIpc) is 2.54. The largest absolute Gasteiger partial charge is 0.324 e. The van der Waals surface area contributed by atoms with Crippen LogP contribution in [-0.4, -0.2) is 15.3 Å². The number of aryl methyl sites for hydroxylation is 2. The van der Waals surface area contributed by atoms with Crippen molar-refractivity contribution in [3.63, 3.8) is 0 Å². The minimum atomic E-state index is -0.394. The second kappa shape index (κ2) is 4.12. The summed E-state index contributed by atoms with van der Waals surface area (Å²) in [6.07, 6.45) is 1.91. The van der Waals surface area contributed by atoms with E-state index in [1.165, 1.54) is 0 Å². The van der Waals surface area contributed by atoms with Crippen LogP contribution in [0.2, 0.25) is 0 Å². The predicted octanol–water partition coefficient (Wildman–Crippen LogP) is 2.94. The van der Waals surface area contributed by atoms with E-state index in [0.29, 0.717) is 0 Å². The third-order valence-electron chi connectivity index (χ3n) is 3.03. The van der Waals surface area contributed by atoms with Crippen LogP contribution >= 0.6 is 0 Å². The molecule has 18 heavy (non-hydrogen) atoms. The van der Waals surface area contributed by atoms with E-state index < -0.39 is 5.41 Å². The lowest BCUT2D eigenvalue weighted by Crippen LogP contribution is -2.27. The SMILES string of the molecule is Cc1nc2ccc(NC(=O)C(C)(C)C)cn2c1C. The Bertz CT molecular complexity index is 605. The Morgan fingerprint density at radius 3 is 2.56 bits per heavy atom. The Labute approximate surface area is 107 Å². The lowest BCUT2D eigenvalue weighted by molar-refractivity contribution is -0.123. The van der Waals surface area contributed by atoms with Crippen LogP contribution in [0.4, 0.5) is 5.69 Å². The van der Waals surface area contributed by atoms with Gasteiger partial charge in [-0.3, -0.25) is 4.79 Å². The Morgan fingerprint density at radius 1 is 1.28 bits per heavy atom. The lowest BCUT2D eigenvalue weighted by atomic mass is 9.96. The van der Waals surface area contributed by atoms with Gasteiger partial charge in [-0.25, -0.2) is 4.98 Å². The fraction of sp³-hybridized carbons (Fsp3) is 0.429. The van der Waals surface area contributed by atoms with Crippen molar-refractivity contribution in [2.24, 2.45) is 5.41 Å². The third kappa shape index (κ3) is 2.23. The monoisotopic (exact) mass is 245 g/mol. The molecule has 0 saturated carbocycles. The van der Waals surface area contributed by atoms with E-state index in [4.69, 9.17) is 0 Å². The highest BCUT2D eigenvalue weighted by molar-refractivity contribution is 5.94. The molecule has 0 atom stereocenters. The Morgan fingerprint density at radius 2 is 1.94 bits per heavy atom. The fourth-order valence-corrected chi connectivity index (χ4v) is 1.67. The number of pyridine rings is 1. The van der Waals surface area contributed by atoms with Crippen molar-refractivity contribution in [2.45, 2.75) is 34.6 Å². The first-order valence-electron chi connectivity index (χ1n) is 6.06. The summed E-state index contributed by atoms with van der Waals surface area (Å²) in [5.41, 5.74) is 3.40. The molecule has 0 aliphatic heterocycles. The van der Waals surface area contributed by atoms with Crippen LogP contribution in [0.25, 0.3) is 5.65 Å². The van der Waals surface area contributed by atoms with E-state index in [-0.39, 0.29) is 5.91 Å². The van der Waals surface area contributed by atoms with Crippen LogP contribution in [0.3, 0.4) is 0 Å². The maximum atomic E-state index is 11.9. The topological polar surface area (TPSA) is 46.4 Å². The van der Waals surface area contributed by atoms with Gasteiger partial charge in [-0.05, 0) is 26.0 Å². The molecule has 2 aromatic rings. The normalized spacial score (nSPS) is 11.8. The van der Waals surface area contributed by atoms with Crippen LogP contribution in [0.1, 0.15) is 32.2 Å². The molecule has 0 aliphatic rings. The minimum absolute atomic E-state index is 0.0105. The predicted molar refractivity (Wildman–Crippen MR) is 72.8 cm³/mol. The van der Waals surface area contributed by atoms with Gasteiger partial charge < -0.3 is 9.72 Å². The minimum Gasteiger partial charge on any atom is -0.324 e. The van der Waals surface area contributed by atoms with Crippen molar-refractivity contribution in [1.29, 1.82) is 0 Å². The van der Waals surface area contributed by atoms with Gasteiger partial charge in [-0.1, -0.05) is 20.8 Å². The smallest absolute Gasteiger partial charge is 0.229 e. The quantitative estimate of drug-likeness (QED) is 0.839. The van der Waals surface area contributed by atoms with E-state index in [0.717, 1.165) is 22.7 Å². The van der Waals surface area contributed by atoms with E-state index in [1.807, 2.05) is 57.3 Å². The second-order valence-corrected chi connectivity index (χ2v) is 5.63. The average molecular weight is 245 g/mol. The molecule has 0 unspecified atom stereocenters. The second-order valence-electron chi connectivity index (χ2n) is 5.63. The number of amides is 1. The number of nitrogens with one attached hydrogen (secondary N) is 1. The number of fused-ring (bicyclic) bond motifs is 1. The maximum absolute atomic E-state index is 11.9. The molecule has 0 radical (unpaired) electrons. The number of nitrogens with zero attached hydrogens (tertiary/aromatic N) is 2. The summed E-state index contributed by atoms with van der Waals surface area (Å²) in [5.74, 6) is 0.0105. The highest BCUT2D eigenvalue weighted by Crippen LogP contribution is 2.19. The molecule has 0 aliphatic carbocycles. The number of hydrogen-bond donors (Lipinski definition) is 1. The summed E-state index contributed by atoms with van der Waals surface area (Å²) in [4.78, 5) is 16.4. The molecule has 0 bridgehead atoms. The van der Waals surface area contributed by atoms with E-state index in [9.17, 15) is 4.79 Å². The highest BCUT2D eigenvalue weighted by atomic mass is 16.2. The number of carbonyl (C=O) groups excluding carboxylic acids is 1. The number of rotatable bonds is 1. The zero-order valence-electron chi connectivity index (χ0n) is 11.5. The summed E-state index contributed by atoms with van der Waals surface area (Å²) in [6.45, 7) is 9.69. The van der Waals surface area contributed by atoms with Gasteiger partial charge in [0.05, 0.1) is 11.4 Å². The van der Waals surface area contributed by atoms with Crippen LogP contribution in [-0.2, 0) is 4.79 Å². The van der Waals surface area contributed by atoms with Crippen molar-refractivity contribution in [3.05, 3.63) is 29.7 Å². The molecule has 0 saturated heterocycles. The van der Waals surface area contributed by atoms with Gasteiger partial charge in [0.2, 0.25) is 5.91 Å². The van der Waals surface area contributed by atoms with Crippen LogP contribution in [0, 0.1) is 19.3 Å². The summed E-state index contributed by atoms with van der Waals surface area (Å²) >= 11 is 0. The molecule has 1 N–H and O–H groups in total. The molecule has 0 aromatic carbocycles. The number of imidazole rings is 1. The van der Waals surface area contributed by atoms with Gasteiger partial charge in [-0.2, -0.15) is 0 Å². The molecule has 2 aromatic heterocycles. The van der Waals surface area contributed by atoms with Crippen molar-refractivity contribution in [1.82, 2.24) is 9.38 Å². The van der Waals surface area contributed by atoms with Gasteiger partial charge in [-0.15, -0.1) is 0 Å². The molecule has 0 fully saturated rings. The van der Waals surface area contributed by atoms with Crippen LogP contribution in [0.5, 0.6) is 0 Å². The van der Waals surface area contributed by atoms with Gasteiger partial charge in [0.15, 0.2) is 0 Å². The fourth-order valence-electron chi connectivity index (χ4n) is 1.67. The number of hydrogen-bond acceptors (Lipinski definition) is 2. The first-order chi connectivity index (χ1) is 8.29. The molecule has 4 heteroatoms. The van der Waals surface area contributed by atoms with Gasteiger partial charge in [0, 0.05) is 17.3 Å². The molecular weight excluding hydrogens is 226 g/mol. The zero-order valence-corrected chi connectivity index (χ0v) is 11.5. The third-order valence-corrected chi connectivity index (χ3v) is 3.03. The molecule has 96 valence electrons. The standard InChI is InChI=1S/C14H19N3O/c1-9-10(2)17-8-11(6-7-12(17)15-9)16-13(18)14(3,4)5/h6-8H,1-5H3,(H,16,18). The molecule has 1 amide bonds. The molecular formula is C14H19N3O. The van der Waals surface area contributed by atoms with E-state index in [1.54, 1.807) is 0 Å². The number of aromatic nitrogens is 2. The zero-order chi connectivity index (χ0) is 13.5. The van der Waals surface area contributed by atoms with Crippen molar-refractivity contribution >= 4 is 17.2 Å². The first kappa shape index (κ1) is 12.6. The summed E-state index contributed by atoms with van der Waals surface area (Å²) < 4.78 is 1.99. The lowest BCUT2D eigenvalue weighted by Gasteiger charge is -2.17. The number of anilines is 1. The molecule has 0 spiro atoms. The van der Waals surface area contributed by atoms with E-state index in [2.05, 4.69) is 10.3 Å². The summed E-state index contributed by atoms with van der Waals surface area (Å²) in [7, 11) is 0. The maximum Gasteiger partial charge on any atom is 0.229 e. The highest BCUT2D eigenvalue weighted by Gasteiger charge is 2.21. The van der Waals surface area contributed by atoms with Crippen LogP contribution < -0.4 is 5.32 Å². The molecule has 2 heterocycles. The van der Waals surface area contributed by atoms with Crippen molar-refractivity contribution < 1.29 is 4.79 Å². The Hall–Kier alpha value is -1.84. The Balaban J connectivity index is 2.36. The molecule has 2 rings (SSSR count). The number of carbonyl (C=O) groups is 1. The van der Waals surface area contributed by atoms with Gasteiger partial charge in [0.1, 0.15) is 5.65 Å². The molecule has 4 nitrogen and oxygen atoms in total. The van der Waals surface area contributed by atoms with Crippen molar-refractivity contribution in [3.8, 4) is 0 Å². The van der Waals surface area contributed by atoms with E-state index >= 15 is 0 Å². The summed E-state index contributed by atoms with van der Waals surface area (Å²) in [5, 5.41) is 2.92. The van der Waals surface area contributed by atoms with Gasteiger partial charge >= 0.3 is 0 Å². The first-order valence-corrected chi connectivity index (χ1v) is 6.06.